The molecule has 0 amide bonds. The molecule has 5 heteroatoms. The second-order valence-electron chi connectivity index (χ2n) is 5.84. The van der Waals surface area contributed by atoms with Gasteiger partial charge in [-0.15, -0.1) is 24.0 Å². The van der Waals surface area contributed by atoms with E-state index in [1.807, 2.05) is 12.1 Å². The minimum Gasteiger partial charge on any atom is -0.469 e. The van der Waals surface area contributed by atoms with Crippen molar-refractivity contribution in [2.24, 2.45) is 4.99 Å². The number of nitrogens with one attached hydrogen (secondary N) is 2. The Morgan fingerprint density at radius 2 is 2.10 bits per heavy atom. The van der Waals surface area contributed by atoms with Gasteiger partial charge in [0.1, 0.15) is 5.76 Å². The molecule has 0 unspecified atom stereocenters. The predicted octanol–water partition coefficient (Wildman–Crippen LogP) is 3.72. The standard InChI is InChI=1S/C16H27N3O.HI/c1-13(2)18-16(19-14-7-4-3-5-8-14)17-11-10-15-9-6-12-20-15;/h6,9,12-14H,3-5,7-8,10-11H2,1-2H3,(H2,17,18,19);1H. The molecule has 21 heavy (non-hydrogen) atoms. The summed E-state index contributed by atoms with van der Waals surface area (Å²) in [5.41, 5.74) is 0. The molecule has 0 spiro atoms. The number of hydrogen-bond donors (Lipinski definition) is 2. The first-order valence-corrected chi connectivity index (χ1v) is 7.84. The molecule has 1 heterocycles. The van der Waals surface area contributed by atoms with Crippen molar-refractivity contribution >= 4 is 29.9 Å². The third kappa shape index (κ3) is 7.20. The van der Waals surface area contributed by atoms with Crippen LogP contribution >= 0.6 is 24.0 Å². The number of nitrogens with zero attached hydrogens (tertiary/aromatic N) is 1. The van der Waals surface area contributed by atoms with Gasteiger partial charge in [0.05, 0.1) is 6.26 Å². The lowest BCUT2D eigenvalue weighted by Crippen LogP contribution is -2.46. The summed E-state index contributed by atoms with van der Waals surface area (Å²) in [5.74, 6) is 1.94. The number of halogens is 1. The summed E-state index contributed by atoms with van der Waals surface area (Å²) in [6, 6.07) is 4.90. The smallest absolute Gasteiger partial charge is 0.191 e. The summed E-state index contributed by atoms with van der Waals surface area (Å²) in [5, 5.41) is 6.99. The van der Waals surface area contributed by atoms with E-state index < -0.39 is 0 Å². The van der Waals surface area contributed by atoms with Gasteiger partial charge in [0.2, 0.25) is 0 Å². The fourth-order valence-electron chi connectivity index (χ4n) is 2.58. The van der Waals surface area contributed by atoms with Crippen LogP contribution in [0.25, 0.3) is 0 Å². The third-order valence-electron chi connectivity index (χ3n) is 3.58. The van der Waals surface area contributed by atoms with Gasteiger partial charge in [-0.3, -0.25) is 4.99 Å². The maximum Gasteiger partial charge on any atom is 0.191 e. The van der Waals surface area contributed by atoms with Gasteiger partial charge < -0.3 is 15.1 Å². The van der Waals surface area contributed by atoms with Crippen LogP contribution in [0, 0.1) is 0 Å². The average Bonchev–Trinajstić information content (AvgIpc) is 2.92. The second-order valence-corrected chi connectivity index (χ2v) is 5.84. The summed E-state index contributed by atoms with van der Waals surface area (Å²) < 4.78 is 5.34. The van der Waals surface area contributed by atoms with Crippen LogP contribution in [0.3, 0.4) is 0 Å². The first-order chi connectivity index (χ1) is 9.74. The summed E-state index contributed by atoms with van der Waals surface area (Å²) in [7, 11) is 0. The summed E-state index contributed by atoms with van der Waals surface area (Å²) in [6.45, 7) is 5.04. The van der Waals surface area contributed by atoms with Gasteiger partial charge >= 0.3 is 0 Å². The molecule has 0 radical (unpaired) electrons. The van der Waals surface area contributed by atoms with Crippen LogP contribution in [0.1, 0.15) is 51.7 Å². The Kier molecular flexibility index (Phi) is 8.80. The minimum absolute atomic E-state index is 0. The number of furan rings is 1. The van der Waals surface area contributed by atoms with Crippen molar-refractivity contribution in [3.8, 4) is 0 Å². The second kappa shape index (κ2) is 10.1. The largest absolute Gasteiger partial charge is 0.469 e. The van der Waals surface area contributed by atoms with E-state index in [-0.39, 0.29) is 24.0 Å². The van der Waals surface area contributed by atoms with Crippen LogP contribution < -0.4 is 10.6 Å². The van der Waals surface area contributed by atoms with Gasteiger partial charge in [-0.2, -0.15) is 0 Å². The van der Waals surface area contributed by atoms with E-state index in [1.165, 1.54) is 32.1 Å². The highest BCUT2D eigenvalue weighted by molar-refractivity contribution is 14.0. The van der Waals surface area contributed by atoms with E-state index >= 15 is 0 Å². The monoisotopic (exact) mass is 405 g/mol. The Morgan fingerprint density at radius 3 is 2.71 bits per heavy atom. The molecule has 1 aliphatic rings. The van der Waals surface area contributed by atoms with Crippen molar-refractivity contribution < 1.29 is 4.42 Å². The van der Waals surface area contributed by atoms with Crippen LogP contribution in [0.4, 0.5) is 0 Å². The number of guanidine groups is 1. The Morgan fingerprint density at radius 1 is 1.33 bits per heavy atom. The molecule has 1 aromatic heterocycles. The van der Waals surface area contributed by atoms with Gasteiger partial charge in [0.15, 0.2) is 5.96 Å². The molecular formula is C16H28IN3O. The van der Waals surface area contributed by atoms with E-state index in [9.17, 15) is 0 Å². The number of rotatable bonds is 5. The topological polar surface area (TPSA) is 49.6 Å². The lowest BCUT2D eigenvalue weighted by atomic mass is 9.96. The zero-order chi connectivity index (χ0) is 14.2. The zero-order valence-corrected chi connectivity index (χ0v) is 15.4. The Bertz CT molecular complexity index is 398. The summed E-state index contributed by atoms with van der Waals surface area (Å²) in [6.07, 6.45) is 9.13. The molecule has 0 atom stereocenters. The number of aliphatic imine (C=N–C) groups is 1. The van der Waals surface area contributed by atoms with Crippen LogP contribution in [0.15, 0.2) is 27.8 Å². The molecule has 1 saturated carbocycles. The molecule has 120 valence electrons. The summed E-state index contributed by atoms with van der Waals surface area (Å²) in [4.78, 5) is 4.67. The van der Waals surface area contributed by atoms with Gasteiger partial charge in [-0.05, 0) is 38.8 Å². The Hall–Kier alpha value is -0.720. The normalized spacial score (nSPS) is 16.6. The van der Waals surface area contributed by atoms with Gasteiger partial charge in [0, 0.05) is 25.0 Å². The highest BCUT2D eigenvalue weighted by atomic mass is 127. The fraction of sp³-hybridized carbons (Fsp3) is 0.688. The quantitative estimate of drug-likeness (QED) is 0.446. The van der Waals surface area contributed by atoms with E-state index in [0.717, 1.165) is 24.7 Å². The van der Waals surface area contributed by atoms with Crippen molar-refractivity contribution in [1.29, 1.82) is 0 Å². The lowest BCUT2D eigenvalue weighted by Gasteiger charge is -2.26. The molecule has 1 fully saturated rings. The lowest BCUT2D eigenvalue weighted by molar-refractivity contribution is 0.408. The van der Waals surface area contributed by atoms with Crippen molar-refractivity contribution in [1.82, 2.24) is 10.6 Å². The van der Waals surface area contributed by atoms with Gasteiger partial charge in [0.25, 0.3) is 0 Å². The highest BCUT2D eigenvalue weighted by Gasteiger charge is 2.14. The van der Waals surface area contributed by atoms with Crippen LogP contribution in [-0.2, 0) is 6.42 Å². The predicted molar refractivity (Wildman–Crippen MR) is 98.4 cm³/mol. The summed E-state index contributed by atoms with van der Waals surface area (Å²) >= 11 is 0. The number of hydrogen-bond acceptors (Lipinski definition) is 2. The van der Waals surface area contributed by atoms with Gasteiger partial charge in [-0.25, -0.2) is 0 Å². The molecule has 0 aromatic carbocycles. The van der Waals surface area contributed by atoms with E-state index in [1.54, 1.807) is 6.26 Å². The SMILES string of the molecule is CC(C)NC(=NCCc1ccco1)NC1CCCCC1.I. The van der Waals surface area contributed by atoms with E-state index in [2.05, 4.69) is 29.5 Å². The molecule has 1 aromatic rings. The van der Waals surface area contributed by atoms with Crippen LogP contribution in [0.5, 0.6) is 0 Å². The molecule has 0 saturated heterocycles. The third-order valence-corrected chi connectivity index (χ3v) is 3.58. The first-order valence-electron chi connectivity index (χ1n) is 7.84. The molecule has 2 N–H and O–H groups in total. The zero-order valence-electron chi connectivity index (χ0n) is 13.1. The average molecular weight is 405 g/mol. The molecule has 2 rings (SSSR count). The Balaban J connectivity index is 0.00000220. The molecule has 4 nitrogen and oxygen atoms in total. The molecular weight excluding hydrogens is 377 g/mol. The van der Waals surface area contributed by atoms with E-state index in [4.69, 9.17) is 4.42 Å². The first kappa shape index (κ1) is 18.3. The maximum absolute atomic E-state index is 5.34. The minimum atomic E-state index is 0. The van der Waals surface area contributed by atoms with Crippen molar-refractivity contribution in [3.63, 3.8) is 0 Å². The Labute approximate surface area is 145 Å². The van der Waals surface area contributed by atoms with Gasteiger partial charge in [-0.1, -0.05) is 19.3 Å². The maximum atomic E-state index is 5.34. The molecule has 0 aliphatic heterocycles. The van der Waals surface area contributed by atoms with E-state index in [0.29, 0.717) is 12.1 Å². The molecule has 1 aliphatic carbocycles. The van der Waals surface area contributed by atoms with Crippen LogP contribution in [0.2, 0.25) is 0 Å². The van der Waals surface area contributed by atoms with Crippen LogP contribution in [-0.4, -0.2) is 24.6 Å². The highest BCUT2D eigenvalue weighted by Crippen LogP contribution is 2.17. The van der Waals surface area contributed by atoms with Crippen molar-refractivity contribution in [3.05, 3.63) is 24.2 Å². The fourth-order valence-corrected chi connectivity index (χ4v) is 2.58. The van der Waals surface area contributed by atoms with Crippen molar-refractivity contribution in [2.45, 2.75) is 64.5 Å². The molecule has 0 bridgehead atoms. The van der Waals surface area contributed by atoms with Crippen molar-refractivity contribution in [2.75, 3.05) is 6.54 Å².